The van der Waals surface area contributed by atoms with E-state index in [-0.39, 0.29) is 0 Å². The molecule has 3 N–H and O–H groups in total. The molecule has 1 heterocycles. The lowest BCUT2D eigenvalue weighted by Crippen LogP contribution is -2.34. The molecule has 19 heavy (non-hydrogen) atoms. The summed E-state index contributed by atoms with van der Waals surface area (Å²) in [6.45, 7) is 4.13. The number of nitrogens with zero attached hydrogens (tertiary/aromatic N) is 1. The summed E-state index contributed by atoms with van der Waals surface area (Å²) in [4.78, 5) is 13.3. The minimum atomic E-state index is -0.939. The molecule has 1 saturated heterocycles. The van der Waals surface area contributed by atoms with E-state index in [4.69, 9.17) is 10.8 Å². The normalized spacial score (nSPS) is 17.3. The van der Waals surface area contributed by atoms with Crippen molar-refractivity contribution in [2.45, 2.75) is 38.6 Å². The molecule has 0 radical (unpaired) electrons. The van der Waals surface area contributed by atoms with E-state index in [1.54, 1.807) is 0 Å². The van der Waals surface area contributed by atoms with E-state index in [0.29, 0.717) is 6.42 Å². The van der Waals surface area contributed by atoms with Crippen molar-refractivity contribution in [2.24, 2.45) is 5.73 Å². The molecular weight excluding hydrogens is 240 g/mol. The number of rotatable bonds is 4. The number of hydrogen-bond acceptors (Lipinski definition) is 3. The highest BCUT2D eigenvalue weighted by molar-refractivity contribution is 5.74. The molecule has 2 rings (SSSR count). The maximum Gasteiger partial charge on any atom is 0.320 e. The highest BCUT2D eigenvalue weighted by Crippen LogP contribution is 2.26. The maximum atomic E-state index is 10.9. The number of aryl methyl sites for hydroxylation is 1. The molecule has 1 fully saturated rings. The molecule has 0 spiro atoms. The Morgan fingerprint density at radius 1 is 1.37 bits per heavy atom. The number of carbonyl (C=O) groups is 1. The van der Waals surface area contributed by atoms with Gasteiger partial charge in [0.1, 0.15) is 6.04 Å². The first-order valence-electron chi connectivity index (χ1n) is 6.91. The lowest BCUT2D eigenvalue weighted by atomic mass is 10.00. The lowest BCUT2D eigenvalue weighted by Gasteiger charge is -2.31. The number of benzene rings is 1. The monoisotopic (exact) mass is 262 g/mol. The van der Waals surface area contributed by atoms with Crippen LogP contribution in [0.1, 0.15) is 30.4 Å². The van der Waals surface area contributed by atoms with E-state index in [2.05, 4.69) is 23.1 Å². The molecule has 0 saturated carbocycles. The van der Waals surface area contributed by atoms with E-state index in [1.165, 1.54) is 19.3 Å². The van der Waals surface area contributed by atoms with Crippen molar-refractivity contribution in [1.82, 2.24) is 0 Å². The number of nitrogens with two attached hydrogens (primary N) is 1. The van der Waals surface area contributed by atoms with E-state index >= 15 is 0 Å². The molecular formula is C15H22N2O2. The molecule has 104 valence electrons. The van der Waals surface area contributed by atoms with E-state index in [9.17, 15) is 4.79 Å². The molecule has 0 amide bonds. The Morgan fingerprint density at radius 2 is 2.05 bits per heavy atom. The van der Waals surface area contributed by atoms with Gasteiger partial charge in [0.25, 0.3) is 0 Å². The number of aliphatic carboxylic acids is 1. The lowest BCUT2D eigenvalue weighted by molar-refractivity contribution is -0.138. The third kappa shape index (κ3) is 3.47. The summed E-state index contributed by atoms with van der Waals surface area (Å²) in [6.07, 6.45) is 4.09. The third-order valence-corrected chi connectivity index (χ3v) is 3.69. The maximum absolute atomic E-state index is 10.9. The number of carboxylic acids is 1. The zero-order valence-electron chi connectivity index (χ0n) is 11.4. The Morgan fingerprint density at radius 3 is 2.68 bits per heavy atom. The van der Waals surface area contributed by atoms with Crippen molar-refractivity contribution >= 4 is 11.7 Å². The predicted molar refractivity (Wildman–Crippen MR) is 76.6 cm³/mol. The first-order chi connectivity index (χ1) is 9.08. The van der Waals surface area contributed by atoms with Crippen molar-refractivity contribution < 1.29 is 9.90 Å². The molecule has 1 aromatic carbocycles. The van der Waals surface area contributed by atoms with Crippen molar-refractivity contribution in [3.8, 4) is 0 Å². The first-order valence-corrected chi connectivity index (χ1v) is 6.91. The van der Waals surface area contributed by atoms with Crippen molar-refractivity contribution in [2.75, 3.05) is 18.0 Å². The van der Waals surface area contributed by atoms with Crippen molar-refractivity contribution in [1.29, 1.82) is 0 Å². The van der Waals surface area contributed by atoms with Crippen LogP contribution < -0.4 is 10.6 Å². The Bertz CT molecular complexity index is 453. The molecule has 4 heteroatoms. The Kier molecular flexibility index (Phi) is 4.43. The third-order valence-electron chi connectivity index (χ3n) is 3.69. The Labute approximate surface area is 114 Å². The molecule has 1 atom stereocenters. The van der Waals surface area contributed by atoms with Crippen LogP contribution in [0.2, 0.25) is 0 Å². The van der Waals surface area contributed by atoms with Gasteiger partial charge in [0.05, 0.1) is 0 Å². The minimum absolute atomic E-state index is 0.392. The second-order valence-electron chi connectivity index (χ2n) is 5.33. The van der Waals surface area contributed by atoms with Gasteiger partial charge in [0, 0.05) is 25.2 Å². The van der Waals surface area contributed by atoms with E-state index in [0.717, 1.165) is 29.9 Å². The molecule has 0 bridgehead atoms. The van der Waals surface area contributed by atoms with Crippen molar-refractivity contribution in [3.05, 3.63) is 29.3 Å². The minimum Gasteiger partial charge on any atom is -0.480 e. The van der Waals surface area contributed by atoms with Gasteiger partial charge in [-0.05, 0) is 37.8 Å². The highest BCUT2D eigenvalue weighted by Gasteiger charge is 2.18. The zero-order chi connectivity index (χ0) is 13.8. The van der Waals surface area contributed by atoms with Crippen LogP contribution >= 0.6 is 0 Å². The van der Waals surface area contributed by atoms with Crippen LogP contribution in [-0.2, 0) is 11.2 Å². The fourth-order valence-electron chi connectivity index (χ4n) is 2.65. The van der Waals surface area contributed by atoms with Gasteiger partial charge in [-0.1, -0.05) is 17.7 Å². The van der Waals surface area contributed by atoms with Gasteiger partial charge in [-0.15, -0.1) is 0 Å². The average molecular weight is 262 g/mol. The number of hydrogen-bond donors (Lipinski definition) is 2. The molecule has 0 aliphatic carbocycles. The van der Waals surface area contributed by atoms with Crippen LogP contribution in [0.3, 0.4) is 0 Å². The smallest absolute Gasteiger partial charge is 0.320 e. The fraction of sp³-hybridized carbons (Fsp3) is 0.533. The number of anilines is 1. The van der Waals surface area contributed by atoms with Crippen LogP contribution in [-0.4, -0.2) is 30.2 Å². The molecule has 1 unspecified atom stereocenters. The van der Waals surface area contributed by atoms with Gasteiger partial charge in [0.2, 0.25) is 0 Å². The van der Waals surface area contributed by atoms with Crippen LogP contribution in [0, 0.1) is 6.92 Å². The highest BCUT2D eigenvalue weighted by atomic mass is 16.4. The van der Waals surface area contributed by atoms with Gasteiger partial charge < -0.3 is 15.7 Å². The fourth-order valence-corrected chi connectivity index (χ4v) is 2.65. The summed E-state index contributed by atoms with van der Waals surface area (Å²) in [5, 5.41) is 8.98. The molecule has 4 nitrogen and oxygen atoms in total. The molecule has 1 aromatic rings. The van der Waals surface area contributed by atoms with E-state index in [1.807, 2.05) is 6.92 Å². The zero-order valence-corrected chi connectivity index (χ0v) is 11.4. The molecule has 1 aliphatic heterocycles. The van der Waals surface area contributed by atoms with Gasteiger partial charge in [-0.25, -0.2) is 0 Å². The van der Waals surface area contributed by atoms with E-state index < -0.39 is 12.0 Å². The molecule has 1 aliphatic rings. The summed E-state index contributed by atoms with van der Waals surface area (Å²) in [5.74, 6) is -0.939. The Hall–Kier alpha value is -1.55. The predicted octanol–water partition coefficient (Wildman–Crippen LogP) is 1.94. The summed E-state index contributed by atoms with van der Waals surface area (Å²) >= 11 is 0. The van der Waals surface area contributed by atoms with Gasteiger partial charge >= 0.3 is 5.97 Å². The number of carboxylic acid groups (broad SMARTS) is 1. The number of piperidine rings is 1. The van der Waals surface area contributed by atoms with Gasteiger partial charge in [-0.2, -0.15) is 0 Å². The van der Waals surface area contributed by atoms with Crippen molar-refractivity contribution in [3.63, 3.8) is 0 Å². The molecule has 0 aromatic heterocycles. The van der Waals surface area contributed by atoms with Gasteiger partial charge in [0.15, 0.2) is 0 Å². The standard InChI is InChI=1S/C15H22N2O2/c1-11-5-6-14(17-7-3-2-4-8-17)12(9-11)10-13(16)15(18)19/h5-6,9,13H,2-4,7-8,10,16H2,1H3,(H,18,19). The topological polar surface area (TPSA) is 66.6 Å². The van der Waals surface area contributed by atoms with Crippen LogP contribution in [0.25, 0.3) is 0 Å². The SMILES string of the molecule is Cc1ccc(N2CCCCC2)c(CC(N)C(=O)O)c1. The van der Waals surface area contributed by atoms with Crippen LogP contribution in [0.15, 0.2) is 18.2 Å². The summed E-state index contributed by atoms with van der Waals surface area (Å²) in [6, 6.07) is 5.42. The quantitative estimate of drug-likeness (QED) is 0.870. The second-order valence-corrected chi connectivity index (χ2v) is 5.33. The van der Waals surface area contributed by atoms with Gasteiger partial charge in [-0.3, -0.25) is 4.79 Å². The van der Waals surface area contributed by atoms with Crippen LogP contribution in [0.5, 0.6) is 0 Å². The largest absolute Gasteiger partial charge is 0.480 e. The summed E-state index contributed by atoms with van der Waals surface area (Å²) in [5.41, 5.74) is 9.03. The van der Waals surface area contributed by atoms with Crippen LogP contribution in [0.4, 0.5) is 5.69 Å². The first kappa shape index (κ1) is 13.9. The second kappa shape index (κ2) is 6.06. The summed E-state index contributed by atoms with van der Waals surface area (Å²) in [7, 11) is 0. The average Bonchev–Trinajstić information content (AvgIpc) is 2.39. The summed E-state index contributed by atoms with van der Waals surface area (Å²) < 4.78 is 0. The Balaban J connectivity index is 2.24.